The van der Waals surface area contributed by atoms with Gasteiger partial charge in [-0.15, -0.1) is 24.0 Å². The van der Waals surface area contributed by atoms with Crippen molar-refractivity contribution >= 4 is 47.4 Å². The highest BCUT2D eigenvalue weighted by Gasteiger charge is 2.25. The van der Waals surface area contributed by atoms with E-state index in [2.05, 4.69) is 25.4 Å². The number of amides is 2. The lowest BCUT2D eigenvalue weighted by molar-refractivity contribution is -0.123. The van der Waals surface area contributed by atoms with Crippen LogP contribution in [0.25, 0.3) is 0 Å². The van der Waals surface area contributed by atoms with Crippen LogP contribution in [0.15, 0.2) is 29.3 Å². The molecule has 0 radical (unpaired) electrons. The monoisotopic (exact) mass is 574 g/mol. The van der Waals surface area contributed by atoms with E-state index in [0.29, 0.717) is 32.8 Å². The van der Waals surface area contributed by atoms with Crippen LogP contribution >= 0.6 is 24.0 Å². The Kier molecular flexibility index (Phi) is 11.7. The number of hydrogen-bond donors (Lipinski definition) is 2. The van der Waals surface area contributed by atoms with Crippen LogP contribution in [-0.4, -0.2) is 107 Å². The van der Waals surface area contributed by atoms with Gasteiger partial charge in [0, 0.05) is 60.0 Å². The summed E-state index contributed by atoms with van der Waals surface area (Å²) in [5, 5.41) is 6.26. The summed E-state index contributed by atoms with van der Waals surface area (Å²) in [5.74, 6) is 1.61. The fraction of sp³-hybridized carbons (Fsp3) is 0.591. The lowest BCUT2D eigenvalue weighted by Crippen LogP contribution is -2.54. The maximum absolute atomic E-state index is 12.3. The second-order valence-electron chi connectivity index (χ2n) is 7.74. The second-order valence-corrected chi connectivity index (χ2v) is 7.74. The number of ether oxygens (including phenoxy) is 2. The summed E-state index contributed by atoms with van der Waals surface area (Å²) in [6, 6.07) is 7.62. The van der Waals surface area contributed by atoms with Gasteiger partial charge in [-0.05, 0) is 18.6 Å². The van der Waals surface area contributed by atoms with Crippen molar-refractivity contribution in [3.05, 3.63) is 24.3 Å². The number of guanidine groups is 1. The smallest absolute Gasteiger partial charge is 0.265 e. The first kappa shape index (κ1) is 27.1. The Balaban J connectivity index is 0.00000385. The Morgan fingerprint density at radius 3 is 2.64 bits per heavy atom. The van der Waals surface area contributed by atoms with E-state index in [1.165, 1.54) is 0 Å². The topological polar surface area (TPSA) is 98.7 Å². The van der Waals surface area contributed by atoms with Gasteiger partial charge in [-0.3, -0.25) is 19.5 Å². The van der Waals surface area contributed by atoms with Crippen molar-refractivity contribution in [2.24, 2.45) is 4.99 Å². The van der Waals surface area contributed by atoms with Crippen molar-refractivity contribution in [2.75, 3.05) is 84.6 Å². The molecule has 0 bridgehead atoms. The van der Waals surface area contributed by atoms with Gasteiger partial charge in [0.1, 0.15) is 5.75 Å². The summed E-state index contributed by atoms with van der Waals surface area (Å²) in [6.45, 7) is 6.09. The maximum Gasteiger partial charge on any atom is 0.265 e. The SMILES string of the molecule is CN=C(NCCCN1C(=O)COc2ccccc21)N1CCN(CC(=O)NCCOC)CC1.I. The number of carbonyl (C=O) groups excluding carboxylic acids is 2. The standard InChI is InChI=1S/C22H34N6O4.HI/c1-23-22(27-13-11-26(12-14-27)16-20(29)24-9-15-31-2)25-8-5-10-28-18-6-3-4-7-19(18)32-17-21(28)30;/h3-4,6-7H,5,8-17H2,1-2H3,(H,23,25)(H,24,29);1H. The molecule has 184 valence electrons. The fourth-order valence-electron chi connectivity index (χ4n) is 3.84. The van der Waals surface area contributed by atoms with Gasteiger partial charge >= 0.3 is 0 Å². The van der Waals surface area contributed by atoms with E-state index in [0.717, 1.165) is 50.0 Å². The number of carbonyl (C=O) groups is 2. The van der Waals surface area contributed by atoms with Crippen LogP contribution in [0.5, 0.6) is 5.75 Å². The molecule has 1 fully saturated rings. The molecule has 0 unspecified atom stereocenters. The van der Waals surface area contributed by atoms with Crippen LogP contribution in [-0.2, 0) is 14.3 Å². The van der Waals surface area contributed by atoms with E-state index >= 15 is 0 Å². The zero-order chi connectivity index (χ0) is 22.8. The largest absolute Gasteiger partial charge is 0.482 e. The van der Waals surface area contributed by atoms with E-state index in [1.54, 1.807) is 19.1 Å². The number of halogens is 1. The van der Waals surface area contributed by atoms with Crippen molar-refractivity contribution in [2.45, 2.75) is 6.42 Å². The molecule has 2 aliphatic rings. The predicted molar refractivity (Wildman–Crippen MR) is 139 cm³/mol. The zero-order valence-corrected chi connectivity index (χ0v) is 21.7. The van der Waals surface area contributed by atoms with Crippen LogP contribution in [0, 0.1) is 0 Å². The molecule has 2 amide bonds. The first-order valence-corrected chi connectivity index (χ1v) is 11.1. The number of para-hydroxylation sites is 2. The molecule has 11 heteroatoms. The second kappa shape index (κ2) is 14.2. The predicted octanol–water partition coefficient (Wildman–Crippen LogP) is 0.376. The van der Waals surface area contributed by atoms with Gasteiger partial charge in [0.25, 0.3) is 5.91 Å². The normalized spacial score (nSPS) is 16.5. The number of methoxy groups -OCH3 is 1. The third kappa shape index (κ3) is 8.00. The number of fused-ring (bicyclic) bond motifs is 1. The first-order chi connectivity index (χ1) is 15.6. The molecule has 0 saturated carbocycles. The molecular weight excluding hydrogens is 539 g/mol. The van der Waals surface area contributed by atoms with Crippen LogP contribution in [0.3, 0.4) is 0 Å². The minimum absolute atomic E-state index is 0. The van der Waals surface area contributed by atoms with E-state index in [-0.39, 0.29) is 42.4 Å². The van der Waals surface area contributed by atoms with Gasteiger partial charge < -0.3 is 29.9 Å². The molecule has 1 saturated heterocycles. The van der Waals surface area contributed by atoms with Gasteiger partial charge in [-0.2, -0.15) is 0 Å². The van der Waals surface area contributed by atoms with Gasteiger partial charge in [-0.1, -0.05) is 12.1 Å². The highest BCUT2D eigenvalue weighted by Crippen LogP contribution is 2.31. The number of nitrogens with one attached hydrogen (secondary N) is 2. The average molecular weight is 574 g/mol. The summed E-state index contributed by atoms with van der Waals surface area (Å²) in [4.78, 5) is 34.8. The highest BCUT2D eigenvalue weighted by atomic mass is 127. The molecule has 2 aliphatic heterocycles. The molecule has 1 aromatic rings. The fourth-order valence-corrected chi connectivity index (χ4v) is 3.84. The van der Waals surface area contributed by atoms with Crippen molar-refractivity contribution in [1.82, 2.24) is 20.4 Å². The molecule has 0 aromatic heterocycles. The van der Waals surface area contributed by atoms with Crippen LogP contribution in [0.2, 0.25) is 0 Å². The van der Waals surface area contributed by atoms with Gasteiger partial charge in [0.15, 0.2) is 12.6 Å². The average Bonchev–Trinajstić information content (AvgIpc) is 2.81. The summed E-state index contributed by atoms with van der Waals surface area (Å²) >= 11 is 0. The molecule has 3 rings (SSSR count). The third-order valence-electron chi connectivity index (χ3n) is 5.53. The third-order valence-corrected chi connectivity index (χ3v) is 5.53. The zero-order valence-electron chi connectivity index (χ0n) is 19.4. The Morgan fingerprint density at radius 1 is 1.15 bits per heavy atom. The van der Waals surface area contributed by atoms with E-state index < -0.39 is 0 Å². The number of aliphatic imine (C=N–C) groups is 1. The number of anilines is 1. The molecule has 10 nitrogen and oxygen atoms in total. The van der Waals surface area contributed by atoms with Gasteiger partial charge in [0.2, 0.25) is 5.91 Å². The molecular formula is C22H35IN6O4. The van der Waals surface area contributed by atoms with Crippen molar-refractivity contribution in [3.63, 3.8) is 0 Å². The van der Waals surface area contributed by atoms with Crippen molar-refractivity contribution < 1.29 is 19.1 Å². The molecule has 0 atom stereocenters. The van der Waals surface area contributed by atoms with Crippen LogP contribution in [0.1, 0.15) is 6.42 Å². The summed E-state index contributed by atoms with van der Waals surface area (Å²) < 4.78 is 10.4. The van der Waals surface area contributed by atoms with Gasteiger partial charge in [-0.25, -0.2) is 0 Å². The number of benzene rings is 1. The number of nitrogens with zero attached hydrogens (tertiary/aromatic N) is 4. The Labute approximate surface area is 212 Å². The molecule has 1 aromatic carbocycles. The number of piperazine rings is 1. The maximum atomic E-state index is 12.3. The lowest BCUT2D eigenvalue weighted by Gasteiger charge is -2.36. The Bertz CT molecular complexity index is 801. The lowest BCUT2D eigenvalue weighted by atomic mass is 10.2. The van der Waals surface area contributed by atoms with Crippen molar-refractivity contribution in [3.8, 4) is 5.75 Å². The highest BCUT2D eigenvalue weighted by molar-refractivity contribution is 14.0. The molecule has 0 spiro atoms. The van der Waals surface area contributed by atoms with E-state index in [1.807, 2.05) is 24.3 Å². The van der Waals surface area contributed by atoms with Gasteiger partial charge in [0.05, 0.1) is 18.8 Å². The molecule has 2 heterocycles. The Hall–Kier alpha value is -2.12. The molecule has 2 N–H and O–H groups in total. The molecule has 33 heavy (non-hydrogen) atoms. The number of hydrogen-bond acceptors (Lipinski definition) is 6. The van der Waals surface area contributed by atoms with E-state index in [4.69, 9.17) is 9.47 Å². The van der Waals surface area contributed by atoms with Crippen molar-refractivity contribution in [1.29, 1.82) is 0 Å². The number of rotatable bonds is 9. The van der Waals surface area contributed by atoms with Crippen LogP contribution < -0.4 is 20.3 Å². The summed E-state index contributed by atoms with van der Waals surface area (Å²) in [6.07, 6.45) is 0.792. The summed E-state index contributed by atoms with van der Waals surface area (Å²) in [7, 11) is 3.40. The minimum Gasteiger partial charge on any atom is -0.482 e. The molecule has 0 aliphatic carbocycles. The van der Waals surface area contributed by atoms with E-state index in [9.17, 15) is 9.59 Å². The Morgan fingerprint density at radius 2 is 1.91 bits per heavy atom. The van der Waals surface area contributed by atoms with Crippen LogP contribution in [0.4, 0.5) is 5.69 Å². The quantitative estimate of drug-likeness (QED) is 0.191. The first-order valence-electron chi connectivity index (χ1n) is 11.1. The summed E-state index contributed by atoms with van der Waals surface area (Å²) in [5.41, 5.74) is 0.829. The minimum atomic E-state index is -0.0181.